The molecular weight excluding hydrogens is 420 g/mol. The molecule has 0 radical (unpaired) electrons. The van der Waals surface area contributed by atoms with Gasteiger partial charge < -0.3 is 20.7 Å². The van der Waals surface area contributed by atoms with E-state index in [9.17, 15) is 19.2 Å². The second-order valence-corrected chi connectivity index (χ2v) is 10.4. The molecule has 0 saturated heterocycles. The first kappa shape index (κ1) is 24.8. The van der Waals surface area contributed by atoms with E-state index in [1.165, 1.54) is 11.3 Å². The highest BCUT2D eigenvalue weighted by Gasteiger charge is 2.32. The normalized spacial score (nSPS) is 18.6. The molecule has 2 rings (SSSR count). The van der Waals surface area contributed by atoms with Crippen molar-refractivity contribution in [3.05, 3.63) is 16.1 Å². The van der Waals surface area contributed by atoms with Crippen molar-refractivity contribution in [3.63, 3.8) is 0 Å². The first-order valence-electron chi connectivity index (χ1n) is 10.5. The number of Topliss-reactive ketones (excluding diaryl/α,β-unsaturated/α-hetero) is 1. The Morgan fingerprint density at radius 3 is 2.68 bits per heavy atom. The molecule has 3 amide bonds. The number of ether oxygens (including phenoxy) is 1. The number of carbonyl (C=O) groups is 4. The van der Waals surface area contributed by atoms with Crippen molar-refractivity contribution < 1.29 is 23.9 Å². The largest absolute Gasteiger partial charge is 0.449 e. The molecule has 0 saturated carbocycles. The van der Waals surface area contributed by atoms with Crippen LogP contribution in [-0.2, 0) is 32.0 Å². The minimum atomic E-state index is -1.05. The molecule has 1 aromatic rings. The van der Waals surface area contributed by atoms with Crippen LogP contribution in [0.1, 0.15) is 50.9 Å². The molecule has 0 aliphatic carbocycles. The number of aryl methyl sites for hydroxylation is 1. The monoisotopic (exact) mass is 452 g/mol. The molecule has 2 heterocycles. The molecular formula is C21H32N4O5S. The SMILES string of the molecule is CC(C)C(NC(=O)OCC(C)(C)C)C(=O)NC1Cc2cnc(s2)CCCNC(=O)C1=O. The molecule has 3 N–H and O–H groups in total. The van der Waals surface area contributed by atoms with Crippen LogP contribution < -0.4 is 16.0 Å². The minimum absolute atomic E-state index is 0.162. The summed E-state index contributed by atoms with van der Waals surface area (Å²) in [6, 6.07) is -1.97. The molecule has 1 aliphatic heterocycles. The molecule has 2 unspecified atom stereocenters. The molecule has 2 atom stereocenters. The maximum Gasteiger partial charge on any atom is 0.407 e. The van der Waals surface area contributed by atoms with Crippen LogP contribution >= 0.6 is 11.3 Å². The van der Waals surface area contributed by atoms with Crippen LogP contribution in [0.2, 0.25) is 0 Å². The number of hydrogen-bond donors (Lipinski definition) is 3. The zero-order valence-corrected chi connectivity index (χ0v) is 19.6. The fourth-order valence-electron chi connectivity index (χ4n) is 2.90. The summed E-state index contributed by atoms with van der Waals surface area (Å²) in [6.45, 7) is 9.88. The van der Waals surface area contributed by atoms with Gasteiger partial charge in [-0.25, -0.2) is 9.78 Å². The molecule has 0 fully saturated rings. The Morgan fingerprint density at radius 1 is 1.32 bits per heavy atom. The highest BCUT2D eigenvalue weighted by atomic mass is 32.1. The third-order valence-corrected chi connectivity index (χ3v) is 5.65. The third kappa shape index (κ3) is 7.93. The van der Waals surface area contributed by atoms with Crippen LogP contribution in [-0.4, -0.2) is 53.9 Å². The van der Waals surface area contributed by atoms with Crippen LogP contribution in [0.4, 0.5) is 4.79 Å². The van der Waals surface area contributed by atoms with Crippen molar-refractivity contribution in [2.45, 2.75) is 66.0 Å². The Kier molecular flexibility index (Phi) is 8.55. The highest BCUT2D eigenvalue weighted by molar-refractivity contribution is 7.11. The maximum atomic E-state index is 12.9. The van der Waals surface area contributed by atoms with Crippen LogP contribution in [0.3, 0.4) is 0 Å². The fourth-order valence-corrected chi connectivity index (χ4v) is 3.91. The predicted octanol–water partition coefficient (Wildman–Crippen LogP) is 1.60. The lowest BCUT2D eigenvalue weighted by molar-refractivity contribution is -0.140. The molecule has 2 bridgehead atoms. The van der Waals surface area contributed by atoms with Crippen LogP contribution in [0.15, 0.2) is 6.20 Å². The van der Waals surface area contributed by atoms with Gasteiger partial charge in [-0.1, -0.05) is 34.6 Å². The van der Waals surface area contributed by atoms with Gasteiger partial charge in [0.05, 0.1) is 11.6 Å². The van der Waals surface area contributed by atoms with E-state index < -0.39 is 35.8 Å². The number of nitrogens with one attached hydrogen (secondary N) is 3. The first-order valence-corrected chi connectivity index (χ1v) is 11.3. The molecule has 0 spiro atoms. The number of amides is 3. The van der Waals surface area contributed by atoms with Crippen LogP contribution in [0, 0.1) is 11.3 Å². The van der Waals surface area contributed by atoms with Gasteiger partial charge in [-0.2, -0.15) is 0 Å². The predicted molar refractivity (Wildman–Crippen MR) is 117 cm³/mol. The number of hydrogen-bond acceptors (Lipinski definition) is 7. The zero-order chi connectivity index (χ0) is 23.2. The molecule has 0 aromatic carbocycles. The van der Waals surface area contributed by atoms with Gasteiger partial charge in [0.25, 0.3) is 5.91 Å². The van der Waals surface area contributed by atoms with Gasteiger partial charge in [-0.15, -0.1) is 11.3 Å². The molecule has 1 aromatic heterocycles. The lowest BCUT2D eigenvalue weighted by Crippen LogP contribution is -2.56. The summed E-state index contributed by atoms with van der Waals surface area (Å²) >= 11 is 1.47. The number of rotatable bonds is 5. The average molecular weight is 453 g/mol. The zero-order valence-electron chi connectivity index (χ0n) is 18.7. The average Bonchev–Trinajstić information content (AvgIpc) is 3.11. The number of aromatic nitrogens is 1. The van der Waals surface area contributed by atoms with Crippen LogP contribution in [0.5, 0.6) is 0 Å². The van der Waals surface area contributed by atoms with E-state index in [1.54, 1.807) is 20.0 Å². The van der Waals surface area contributed by atoms with Crippen LogP contribution in [0.25, 0.3) is 0 Å². The summed E-state index contributed by atoms with van der Waals surface area (Å²) in [5.41, 5.74) is -0.213. The Morgan fingerprint density at radius 2 is 2.03 bits per heavy atom. The lowest BCUT2D eigenvalue weighted by Gasteiger charge is -2.25. The number of ketones is 1. The Labute approximate surface area is 186 Å². The molecule has 172 valence electrons. The molecule has 1 aliphatic rings. The summed E-state index contributed by atoms with van der Waals surface area (Å²) in [4.78, 5) is 55.2. The van der Waals surface area contributed by atoms with E-state index in [-0.39, 0.29) is 24.4 Å². The number of nitrogens with zero attached hydrogens (tertiary/aromatic N) is 1. The number of fused-ring (bicyclic) bond motifs is 2. The van der Waals surface area contributed by atoms with E-state index in [2.05, 4.69) is 20.9 Å². The van der Waals surface area contributed by atoms with Gasteiger partial charge in [0.2, 0.25) is 11.7 Å². The topological polar surface area (TPSA) is 126 Å². The Balaban J connectivity index is 2.12. The lowest BCUT2D eigenvalue weighted by atomic mass is 9.99. The van der Waals surface area contributed by atoms with Gasteiger partial charge in [0.15, 0.2) is 0 Å². The van der Waals surface area contributed by atoms with Gasteiger partial charge in [-0.3, -0.25) is 14.4 Å². The summed E-state index contributed by atoms with van der Waals surface area (Å²) in [5, 5.41) is 8.74. The number of thiazole rings is 1. The smallest absolute Gasteiger partial charge is 0.407 e. The van der Waals surface area contributed by atoms with Gasteiger partial charge >= 0.3 is 6.09 Å². The van der Waals surface area contributed by atoms with Gasteiger partial charge in [-0.05, 0) is 17.8 Å². The standard InChI is InChI=1S/C21H32N4O5S/c1-12(2)16(25-20(29)30-11-21(3,4)5)18(27)24-14-9-13-10-23-15(31-13)7-6-8-22-19(28)17(14)26/h10,12,14,16H,6-9,11H2,1-5H3,(H,22,28)(H,24,27)(H,25,29). The molecule has 9 nitrogen and oxygen atoms in total. The molecule has 10 heteroatoms. The van der Waals surface area contributed by atoms with E-state index in [4.69, 9.17) is 4.74 Å². The van der Waals surface area contributed by atoms with Crippen molar-refractivity contribution >= 4 is 35.0 Å². The van der Waals surface area contributed by atoms with Crippen molar-refractivity contribution in [3.8, 4) is 0 Å². The summed E-state index contributed by atoms with van der Waals surface area (Å²) < 4.78 is 5.20. The van der Waals surface area contributed by atoms with E-state index in [0.29, 0.717) is 19.4 Å². The van der Waals surface area contributed by atoms with Crippen molar-refractivity contribution in [1.29, 1.82) is 0 Å². The maximum absolute atomic E-state index is 12.9. The summed E-state index contributed by atoms with van der Waals surface area (Å²) in [5.74, 6) is -2.26. The van der Waals surface area contributed by atoms with Gasteiger partial charge in [0.1, 0.15) is 12.1 Å². The Hall–Kier alpha value is -2.49. The first-order chi connectivity index (χ1) is 14.5. The van der Waals surface area contributed by atoms with E-state index in [1.807, 2.05) is 20.8 Å². The second kappa shape index (κ2) is 10.7. The van der Waals surface area contributed by atoms with Crippen molar-refractivity contribution in [1.82, 2.24) is 20.9 Å². The quantitative estimate of drug-likeness (QED) is 0.583. The summed E-state index contributed by atoms with van der Waals surface area (Å²) in [6.07, 6.45) is 2.52. The summed E-state index contributed by atoms with van der Waals surface area (Å²) in [7, 11) is 0. The Bertz CT molecular complexity index is 815. The number of carbonyl (C=O) groups excluding carboxylic acids is 4. The highest BCUT2D eigenvalue weighted by Crippen LogP contribution is 2.18. The number of alkyl carbamates (subject to hydrolysis) is 1. The van der Waals surface area contributed by atoms with Crippen molar-refractivity contribution in [2.75, 3.05) is 13.2 Å². The van der Waals surface area contributed by atoms with Gasteiger partial charge in [0, 0.05) is 30.5 Å². The molecule has 31 heavy (non-hydrogen) atoms. The van der Waals surface area contributed by atoms with E-state index in [0.717, 1.165) is 9.88 Å². The second-order valence-electron chi connectivity index (χ2n) is 9.21. The third-order valence-electron chi connectivity index (χ3n) is 4.58. The fraction of sp³-hybridized carbons (Fsp3) is 0.667. The van der Waals surface area contributed by atoms with Crippen molar-refractivity contribution in [2.24, 2.45) is 11.3 Å². The minimum Gasteiger partial charge on any atom is -0.449 e. The van der Waals surface area contributed by atoms with E-state index >= 15 is 0 Å².